The van der Waals surface area contributed by atoms with Gasteiger partial charge >= 0.3 is 0 Å². The number of aromatic nitrogens is 1. The van der Waals surface area contributed by atoms with E-state index in [1.54, 1.807) is 0 Å². The van der Waals surface area contributed by atoms with Crippen LogP contribution in [0.25, 0.3) is 21.7 Å². The number of nitrogens with one attached hydrogen (secondary N) is 1. The minimum Gasteiger partial charge on any atom is -0.351 e. The second-order valence-corrected chi connectivity index (χ2v) is 19.8. The van der Waals surface area contributed by atoms with Crippen LogP contribution in [0.2, 0.25) is 0 Å². The van der Waals surface area contributed by atoms with Crippen LogP contribution in [0.5, 0.6) is 0 Å². The lowest BCUT2D eigenvalue weighted by molar-refractivity contribution is -0.122. The van der Waals surface area contributed by atoms with Crippen LogP contribution in [-0.2, 0) is 25.0 Å². The zero-order valence-electron chi connectivity index (χ0n) is 26.9. The van der Waals surface area contributed by atoms with Gasteiger partial charge in [-0.05, 0) is 23.1 Å². The van der Waals surface area contributed by atoms with E-state index >= 15 is 0 Å². The topological polar surface area (TPSA) is 167 Å². The lowest BCUT2D eigenvalue weighted by Gasteiger charge is -2.34. The number of fused-ring (bicyclic) bond motifs is 3. The Kier molecular flexibility index (Phi) is 12.7. The summed E-state index contributed by atoms with van der Waals surface area (Å²) in [4.78, 5) is 55.6. The summed E-state index contributed by atoms with van der Waals surface area (Å²) in [6.07, 6.45) is 1.74. The average molecular weight is 697 g/mol. The second kappa shape index (κ2) is 15.9. The molecule has 0 radical (unpaired) electrons. The molecule has 46 heavy (non-hydrogen) atoms. The highest BCUT2D eigenvalue weighted by Crippen LogP contribution is 2.38. The van der Waals surface area contributed by atoms with Gasteiger partial charge in [-0.3, -0.25) is 43.1 Å². The molecule has 1 saturated heterocycles. The number of carbonyl (C=O) groups excluding carboxylic acids is 1. The summed E-state index contributed by atoms with van der Waals surface area (Å²) in [6.45, 7) is 7.50. The van der Waals surface area contributed by atoms with Gasteiger partial charge in [0.2, 0.25) is 28.0 Å². The molecule has 1 amide bonds. The third-order valence-electron chi connectivity index (χ3n) is 7.83. The van der Waals surface area contributed by atoms with Crippen molar-refractivity contribution in [1.82, 2.24) is 29.9 Å². The van der Waals surface area contributed by atoms with Crippen molar-refractivity contribution >= 4 is 49.7 Å². The van der Waals surface area contributed by atoms with Crippen molar-refractivity contribution in [2.24, 2.45) is 0 Å². The van der Waals surface area contributed by atoms with Gasteiger partial charge in [0.1, 0.15) is 0 Å². The van der Waals surface area contributed by atoms with E-state index in [0.717, 1.165) is 27.2 Å². The lowest BCUT2D eigenvalue weighted by Crippen LogP contribution is -2.48. The first-order valence-corrected chi connectivity index (χ1v) is 22.2. The highest BCUT2D eigenvalue weighted by molar-refractivity contribution is 7.57. The second-order valence-electron chi connectivity index (χ2n) is 12.7. The fourth-order valence-corrected chi connectivity index (χ4v) is 8.82. The summed E-state index contributed by atoms with van der Waals surface area (Å²) >= 11 is 0. The lowest BCUT2D eigenvalue weighted by atomic mass is 10.0. The van der Waals surface area contributed by atoms with E-state index in [9.17, 15) is 33.2 Å². The molecule has 16 heteroatoms. The van der Waals surface area contributed by atoms with Gasteiger partial charge in [-0.25, -0.2) is 0 Å². The molecular weight excluding hydrogens is 649 g/mol. The van der Waals surface area contributed by atoms with E-state index in [1.165, 1.54) is 20.0 Å². The smallest absolute Gasteiger partial charge is 0.234 e. The van der Waals surface area contributed by atoms with Crippen molar-refractivity contribution in [3.8, 4) is 0 Å². The maximum Gasteiger partial charge on any atom is 0.234 e. The van der Waals surface area contributed by atoms with Crippen LogP contribution in [0.4, 0.5) is 0 Å². The van der Waals surface area contributed by atoms with Gasteiger partial charge in [-0.2, -0.15) is 0 Å². The summed E-state index contributed by atoms with van der Waals surface area (Å²) < 4.78 is 37.0. The number of carbonyl (C=O) groups is 1. The largest absolute Gasteiger partial charge is 0.351 e. The van der Waals surface area contributed by atoms with Crippen molar-refractivity contribution in [2.75, 3.05) is 97.8 Å². The highest BCUT2D eigenvalue weighted by atomic mass is 31.2. The number of amides is 1. The molecule has 1 aromatic heterocycles. The SMILES string of the molecule is CP(=O)(O)CN1CCN(CC(=O)NCc2ccc3ncc4ccccc4c3c2)CCN(CP(C)(=O)O)CCN(CP(C)(=O)O)CC1. The molecule has 13 nitrogen and oxygen atoms in total. The van der Waals surface area contributed by atoms with E-state index in [1.807, 2.05) is 62.2 Å². The average Bonchev–Trinajstić information content (AvgIpc) is 2.95. The van der Waals surface area contributed by atoms with Crippen LogP contribution in [0, 0.1) is 0 Å². The minimum atomic E-state index is -3.40. The Morgan fingerprint density at radius 1 is 0.717 bits per heavy atom. The number of rotatable bonds is 10. The molecule has 3 atom stereocenters. The van der Waals surface area contributed by atoms with Crippen molar-refractivity contribution in [2.45, 2.75) is 6.54 Å². The summed E-state index contributed by atoms with van der Waals surface area (Å²) in [5.74, 6) is -0.180. The van der Waals surface area contributed by atoms with Crippen LogP contribution in [0.1, 0.15) is 5.56 Å². The fraction of sp³-hybridized carbons (Fsp3) is 0.533. The Balaban J connectivity index is 1.46. The van der Waals surface area contributed by atoms with E-state index in [4.69, 9.17) is 0 Å². The zero-order valence-corrected chi connectivity index (χ0v) is 29.5. The molecule has 0 aliphatic carbocycles. The molecule has 4 rings (SSSR count). The Hall–Kier alpha value is -2.01. The number of pyridine rings is 1. The van der Waals surface area contributed by atoms with E-state index in [2.05, 4.69) is 16.4 Å². The summed E-state index contributed by atoms with van der Waals surface area (Å²) in [6, 6.07) is 14.0. The normalized spacial score (nSPS) is 21.1. The van der Waals surface area contributed by atoms with E-state index < -0.39 is 22.1 Å². The van der Waals surface area contributed by atoms with Gasteiger partial charge in [0.25, 0.3) is 0 Å². The standard InChI is InChI=1S/C30H47N6O7P3/c1-44(38,39)22-34-12-10-33(11-13-35(23-45(2,40)41)15-17-36(16-14-34)24-46(3,42)43)21-30(37)32-19-25-8-9-29-28(18-25)27-7-5-4-6-26(27)20-31-29/h4-9,18,20H,10-17,19,21-24H2,1-3H3,(H,32,37)(H,38,39)(H,40,41)(H,42,43). The Bertz CT molecular complexity index is 1600. The molecule has 1 fully saturated rings. The first-order chi connectivity index (χ1) is 21.5. The Morgan fingerprint density at radius 3 is 1.70 bits per heavy atom. The third-order valence-corrected chi connectivity index (χ3v) is 10.6. The molecule has 2 heterocycles. The van der Waals surface area contributed by atoms with Crippen molar-refractivity contribution < 1.29 is 33.2 Å². The molecule has 3 unspecified atom stereocenters. The summed E-state index contributed by atoms with van der Waals surface area (Å²) in [7, 11) is -10.2. The van der Waals surface area contributed by atoms with Crippen molar-refractivity contribution in [3.05, 3.63) is 54.2 Å². The molecular formula is C30H47N6O7P3. The van der Waals surface area contributed by atoms with E-state index in [-0.39, 0.29) is 31.3 Å². The van der Waals surface area contributed by atoms with Crippen LogP contribution in [-0.4, -0.2) is 143 Å². The number of hydrogen-bond acceptors (Lipinski definition) is 9. The number of benzene rings is 2. The molecule has 0 spiro atoms. The molecule has 0 saturated carbocycles. The Morgan fingerprint density at radius 2 is 1.20 bits per heavy atom. The maximum atomic E-state index is 13.2. The monoisotopic (exact) mass is 696 g/mol. The number of hydrogen-bond donors (Lipinski definition) is 4. The first kappa shape index (κ1) is 36.8. The zero-order chi connectivity index (χ0) is 33.5. The predicted molar refractivity (Wildman–Crippen MR) is 184 cm³/mol. The van der Waals surface area contributed by atoms with Gasteiger partial charge in [-0.15, -0.1) is 0 Å². The molecule has 4 N–H and O–H groups in total. The quantitative estimate of drug-likeness (QED) is 0.181. The molecule has 3 aromatic rings. The first-order valence-electron chi connectivity index (χ1n) is 15.3. The number of nitrogens with zero attached hydrogens (tertiary/aromatic N) is 5. The van der Waals surface area contributed by atoms with Crippen LogP contribution in [0.3, 0.4) is 0 Å². The molecule has 2 aromatic carbocycles. The van der Waals surface area contributed by atoms with Gasteiger partial charge in [0.05, 0.1) is 30.9 Å². The molecule has 1 aliphatic heterocycles. The minimum absolute atomic E-state index is 0.0368. The highest BCUT2D eigenvalue weighted by Gasteiger charge is 2.25. The Labute approximate surface area is 270 Å². The molecule has 1 aliphatic rings. The summed E-state index contributed by atoms with van der Waals surface area (Å²) in [5, 5.41) is 6.17. The fourth-order valence-electron chi connectivity index (χ4n) is 5.75. The van der Waals surface area contributed by atoms with Crippen LogP contribution >= 0.6 is 22.1 Å². The van der Waals surface area contributed by atoms with E-state index in [0.29, 0.717) is 58.9 Å². The van der Waals surface area contributed by atoms with Gasteiger partial charge in [0, 0.05) is 95.9 Å². The van der Waals surface area contributed by atoms with Gasteiger partial charge in [0.15, 0.2) is 0 Å². The van der Waals surface area contributed by atoms with Gasteiger partial charge < -0.3 is 20.0 Å². The third kappa shape index (κ3) is 12.5. The van der Waals surface area contributed by atoms with Crippen molar-refractivity contribution in [1.29, 1.82) is 0 Å². The molecule has 0 bridgehead atoms. The predicted octanol–water partition coefficient (Wildman–Crippen LogP) is 2.80. The maximum absolute atomic E-state index is 13.2. The van der Waals surface area contributed by atoms with Crippen LogP contribution in [0.15, 0.2) is 48.7 Å². The van der Waals surface area contributed by atoms with Crippen LogP contribution < -0.4 is 5.32 Å². The molecule has 254 valence electrons. The van der Waals surface area contributed by atoms with Crippen molar-refractivity contribution in [3.63, 3.8) is 0 Å². The van der Waals surface area contributed by atoms with Gasteiger partial charge in [-0.1, -0.05) is 30.3 Å². The summed E-state index contributed by atoms with van der Waals surface area (Å²) in [5.41, 5.74) is 1.82.